The molecule has 5 rings (SSSR count). The smallest absolute Gasteiger partial charge is 0.156 e. The van der Waals surface area contributed by atoms with Crippen molar-refractivity contribution in [1.29, 1.82) is 0 Å². The van der Waals surface area contributed by atoms with Crippen LogP contribution < -0.4 is 9.80 Å². The predicted molar refractivity (Wildman–Crippen MR) is 98.2 cm³/mol. The second-order valence-electron chi connectivity index (χ2n) is 7.67. The van der Waals surface area contributed by atoms with Crippen LogP contribution in [0.5, 0.6) is 0 Å². The third kappa shape index (κ3) is 3.00. The number of fused-ring (bicyclic) bond motifs is 1. The second kappa shape index (κ2) is 6.46. The van der Waals surface area contributed by atoms with Gasteiger partial charge in [0.25, 0.3) is 0 Å². The van der Waals surface area contributed by atoms with E-state index in [1.165, 1.54) is 18.5 Å². The van der Waals surface area contributed by atoms with Gasteiger partial charge in [-0.2, -0.15) is 0 Å². The number of rotatable bonds is 5. The van der Waals surface area contributed by atoms with Gasteiger partial charge in [-0.05, 0) is 18.9 Å². The van der Waals surface area contributed by atoms with Crippen molar-refractivity contribution in [2.75, 3.05) is 43.1 Å². The van der Waals surface area contributed by atoms with Crippen LogP contribution in [0.1, 0.15) is 30.3 Å². The number of nitrogens with zero attached hydrogens (tertiary/aromatic N) is 6. The van der Waals surface area contributed by atoms with E-state index in [-0.39, 0.29) is 0 Å². The van der Waals surface area contributed by atoms with Crippen molar-refractivity contribution in [3.05, 3.63) is 36.2 Å². The first-order valence-corrected chi connectivity index (χ1v) is 9.43. The van der Waals surface area contributed by atoms with Crippen molar-refractivity contribution in [1.82, 2.24) is 19.9 Å². The van der Waals surface area contributed by atoms with E-state index in [4.69, 9.17) is 4.74 Å². The Morgan fingerprint density at radius 1 is 1.00 bits per heavy atom. The summed E-state index contributed by atoms with van der Waals surface area (Å²) in [5, 5.41) is 0. The van der Waals surface area contributed by atoms with Crippen LogP contribution in [-0.4, -0.2) is 53.2 Å². The van der Waals surface area contributed by atoms with E-state index in [1.54, 1.807) is 13.4 Å². The zero-order valence-electron chi connectivity index (χ0n) is 15.1. The van der Waals surface area contributed by atoms with Gasteiger partial charge in [-0.1, -0.05) is 0 Å². The molecule has 2 unspecified atom stereocenters. The van der Waals surface area contributed by atoms with E-state index in [9.17, 15) is 0 Å². The molecule has 136 valence electrons. The maximum atomic E-state index is 5.15. The van der Waals surface area contributed by atoms with Crippen molar-refractivity contribution in [2.24, 2.45) is 11.8 Å². The van der Waals surface area contributed by atoms with Crippen LogP contribution in [-0.2, 0) is 11.3 Å². The highest BCUT2D eigenvalue weighted by Crippen LogP contribution is 2.40. The molecule has 2 aromatic rings. The highest BCUT2D eigenvalue weighted by molar-refractivity contribution is 5.45. The monoisotopic (exact) mass is 352 g/mol. The molecule has 2 aromatic heterocycles. The zero-order chi connectivity index (χ0) is 17.5. The largest absolute Gasteiger partial charge is 0.377 e. The summed E-state index contributed by atoms with van der Waals surface area (Å²) in [5.41, 5.74) is 1.22. The molecule has 0 spiro atoms. The van der Waals surface area contributed by atoms with Crippen molar-refractivity contribution >= 4 is 11.6 Å². The molecule has 2 saturated heterocycles. The lowest BCUT2D eigenvalue weighted by Gasteiger charge is -2.23. The molecule has 3 fully saturated rings. The summed E-state index contributed by atoms with van der Waals surface area (Å²) >= 11 is 0. The summed E-state index contributed by atoms with van der Waals surface area (Å²) in [6.45, 7) is 4.69. The Hall–Kier alpha value is -2.28. The lowest BCUT2D eigenvalue weighted by Crippen LogP contribution is -2.30. The van der Waals surface area contributed by atoms with E-state index >= 15 is 0 Å². The summed E-state index contributed by atoms with van der Waals surface area (Å²) in [6.07, 6.45) is 6.13. The fraction of sp³-hybridized carbons (Fsp3) is 0.579. The average Bonchev–Trinajstić information content (AvgIpc) is 3.32. The summed E-state index contributed by atoms with van der Waals surface area (Å²) < 4.78 is 5.15. The highest BCUT2D eigenvalue weighted by Gasteiger charge is 2.41. The molecule has 7 heteroatoms. The Morgan fingerprint density at radius 3 is 2.42 bits per heavy atom. The van der Waals surface area contributed by atoms with E-state index in [0.717, 1.165) is 43.6 Å². The van der Waals surface area contributed by atoms with Crippen LogP contribution in [0.4, 0.5) is 11.6 Å². The second-order valence-corrected chi connectivity index (χ2v) is 7.67. The van der Waals surface area contributed by atoms with Gasteiger partial charge >= 0.3 is 0 Å². The first-order chi connectivity index (χ1) is 12.8. The van der Waals surface area contributed by atoms with Gasteiger partial charge in [0.15, 0.2) is 5.82 Å². The first-order valence-electron chi connectivity index (χ1n) is 9.43. The molecule has 0 bridgehead atoms. The molecule has 1 saturated carbocycles. The molecule has 0 radical (unpaired) electrons. The van der Waals surface area contributed by atoms with Gasteiger partial charge in [-0.15, -0.1) is 0 Å². The summed E-state index contributed by atoms with van der Waals surface area (Å²) in [4.78, 5) is 22.7. The molecule has 26 heavy (non-hydrogen) atoms. The van der Waals surface area contributed by atoms with Crippen LogP contribution in [0.2, 0.25) is 0 Å². The predicted octanol–water partition coefficient (Wildman–Crippen LogP) is 1.86. The quantitative estimate of drug-likeness (QED) is 0.814. The fourth-order valence-corrected chi connectivity index (χ4v) is 4.27. The van der Waals surface area contributed by atoms with E-state index < -0.39 is 0 Å². The molecule has 2 atom stereocenters. The van der Waals surface area contributed by atoms with E-state index in [0.29, 0.717) is 24.4 Å². The maximum Gasteiger partial charge on any atom is 0.156 e. The topological polar surface area (TPSA) is 67.3 Å². The molecule has 7 nitrogen and oxygen atoms in total. The van der Waals surface area contributed by atoms with Crippen molar-refractivity contribution < 1.29 is 4.74 Å². The third-order valence-electron chi connectivity index (χ3n) is 5.77. The van der Waals surface area contributed by atoms with E-state index in [1.807, 2.05) is 12.3 Å². The normalized spacial score (nSPS) is 25.0. The highest BCUT2D eigenvalue weighted by atomic mass is 16.5. The molecule has 4 heterocycles. The fourth-order valence-electron chi connectivity index (χ4n) is 4.27. The van der Waals surface area contributed by atoms with Gasteiger partial charge in [0.2, 0.25) is 0 Å². The number of ether oxygens (including phenoxy) is 1. The van der Waals surface area contributed by atoms with Crippen LogP contribution in [0.3, 0.4) is 0 Å². The number of anilines is 2. The average molecular weight is 352 g/mol. The number of methoxy groups -OCH3 is 1. The summed E-state index contributed by atoms with van der Waals surface area (Å²) in [5.74, 6) is 4.87. The molecule has 2 aliphatic heterocycles. The molecule has 0 N–H and O–H groups in total. The summed E-state index contributed by atoms with van der Waals surface area (Å²) in [6, 6.07) is 4.21. The minimum absolute atomic E-state index is 0.458. The van der Waals surface area contributed by atoms with Crippen LogP contribution in [0, 0.1) is 11.8 Å². The molecule has 3 aliphatic rings. The SMILES string of the molecule is COCc1nccc(N2CC3CN(c4cc(C5CC5)ncn4)CC3C2)n1. The molecule has 0 amide bonds. The Morgan fingerprint density at radius 2 is 1.73 bits per heavy atom. The zero-order valence-corrected chi connectivity index (χ0v) is 15.1. The van der Waals surface area contributed by atoms with Crippen molar-refractivity contribution in [3.63, 3.8) is 0 Å². The molecule has 0 aromatic carbocycles. The minimum Gasteiger partial charge on any atom is -0.377 e. The Kier molecular flexibility index (Phi) is 3.96. The maximum absolute atomic E-state index is 5.15. The van der Waals surface area contributed by atoms with E-state index in [2.05, 4.69) is 35.8 Å². The Labute approximate surface area is 153 Å². The number of hydrogen-bond acceptors (Lipinski definition) is 7. The third-order valence-corrected chi connectivity index (χ3v) is 5.77. The number of aromatic nitrogens is 4. The van der Waals surface area contributed by atoms with Gasteiger partial charge in [-0.3, -0.25) is 0 Å². The van der Waals surface area contributed by atoms with Crippen LogP contribution in [0.15, 0.2) is 24.7 Å². The summed E-state index contributed by atoms with van der Waals surface area (Å²) in [7, 11) is 1.67. The Balaban J connectivity index is 1.26. The van der Waals surface area contributed by atoms with Crippen LogP contribution in [0.25, 0.3) is 0 Å². The van der Waals surface area contributed by atoms with Gasteiger partial charge in [0.1, 0.15) is 24.6 Å². The number of hydrogen-bond donors (Lipinski definition) is 0. The molecular weight excluding hydrogens is 328 g/mol. The van der Waals surface area contributed by atoms with Gasteiger partial charge in [0, 0.05) is 69.0 Å². The molecule has 1 aliphatic carbocycles. The van der Waals surface area contributed by atoms with Gasteiger partial charge in [-0.25, -0.2) is 19.9 Å². The van der Waals surface area contributed by atoms with Crippen molar-refractivity contribution in [3.8, 4) is 0 Å². The van der Waals surface area contributed by atoms with Crippen molar-refractivity contribution in [2.45, 2.75) is 25.4 Å². The first kappa shape index (κ1) is 15.9. The molecular formula is C19H24N6O. The van der Waals surface area contributed by atoms with Gasteiger partial charge in [0.05, 0.1) is 0 Å². The lowest BCUT2D eigenvalue weighted by molar-refractivity contribution is 0.178. The van der Waals surface area contributed by atoms with Gasteiger partial charge < -0.3 is 14.5 Å². The Bertz CT molecular complexity index is 781. The standard InChI is InChI=1S/C19H24N6O/c1-26-11-17-20-5-4-18(23-17)24-7-14-9-25(10-15(14)8-24)19-6-16(13-2-3-13)21-12-22-19/h4-6,12-15H,2-3,7-11H2,1H3. The lowest BCUT2D eigenvalue weighted by atomic mass is 10.0. The minimum atomic E-state index is 0.458. The van der Waals surface area contributed by atoms with Crippen LogP contribution >= 0.6 is 0 Å².